The minimum Gasteiger partial charge on any atom is -0.507 e. The van der Waals surface area contributed by atoms with Crippen molar-refractivity contribution < 1.29 is 9.90 Å². The zero-order valence-electron chi connectivity index (χ0n) is 9.87. The van der Waals surface area contributed by atoms with Gasteiger partial charge >= 0.3 is 0 Å². The normalized spacial score (nSPS) is 9.56. The van der Waals surface area contributed by atoms with Gasteiger partial charge in [-0.2, -0.15) is 0 Å². The minimum absolute atomic E-state index is 0. The van der Waals surface area contributed by atoms with Gasteiger partial charge in [-0.05, 0) is 24.1 Å². The Labute approximate surface area is 113 Å². The lowest BCUT2D eigenvalue weighted by Crippen LogP contribution is -2.01. The smallest absolute Gasteiger partial charge is 0.166 e. The maximum Gasteiger partial charge on any atom is 0.166 e. The molecule has 0 amide bonds. The fourth-order valence-corrected chi connectivity index (χ4v) is 1.75. The lowest BCUT2D eigenvalue weighted by atomic mass is 10.0. The second-order valence-electron chi connectivity index (χ2n) is 3.93. The van der Waals surface area contributed by atoms with Crippen molar-refractivity contribution in [3.05, 3.63) is 65.7 Å². The van der Waals surface area contributed by atoms with E-state index < -0.39 is 0 Å². The van der Waals surface area contributed by atoms with Gasteiger partial charge in [-0.15, -0.1) is 12.4 Å². The number of aromatic hydroxyl groups is 1. The number of benzene rings is 2. The molecule has 0 atom stereocenters. The predicted molar refractivity (Wildman–Crippen MR) is 74.4 cm³/mol. The third-order valence-electron chi connectivity index (χ3n) is 2.69. The highest BCUT2D eigenvalue weighted by Crippen LogP contribution is 2.18. The van der Waals surface area contributed by atoms with Crippen LogP contribution >= 0.6 is 12.4 Å². The van der Waals surface area contributed by atoms with E-state index in [0.717, 1.165) is 5.56 Å². The van der Waals surface area contributed by atoms with Crippen LogP contribution in [0.15, 0.2) is 54.6 Å². The minimum atomic E-state index is -0.0213. The summed E-state index contributed by atoms with van der Waals surface area (Å²) in [7, 11) is 0. The van der Waals surface area contributed by atoms with E-state index in [1.54, 1.807) is 18.2 Å². The van der Waals surface area contributed by atoms with Gasteiger partial charge in [0, 0.05) is 6.42 Å². The van der Waals surface area contributed by atoms with Gasteiger partial charge in [0.15, 0.2) is 5.78 Å². The Morgan fingerprint density at radius 2 is 1.56 bits per heavy atom. The summed E-state index contributed by atoms with van der Waals surface area (Å²) in [6, 6.07) is 16.5. The van der Waals surface area contributed by atoms with Crippen molar-refractivity contribution in [2.75, 3.05) is 0 Å². The Bertz CT molecular complexity index is 509. The molecule has 2 aromatic carbocycles. The van der Waals surface area contributed by atoms with Crippen LogP contribution in [0, 0.1) is 0 Å². The lowest BCUT2D eigenvalue weighted by molar-refractivity contribution is 0.0980. The largest absolute Gasteiger partial charge is 0.507 e. The summed E-state index contributed by atoms with van der Waals surface area (Å²) in [5.74, 6) is 0.0394. The SMILES string of the molecule is Cl.O=C(CCc1ccccc1)c1ccccc1O. The Balaban J connectivity index is 0.00000162. The van der Waals surface area contributed by atoms with Crippen LogP contribution in [-0.4, -0.2) is 10.9 Å². The summed E-state index contributed by atoms with van der Waals surface area (Å²) in [6.45, 7) is 0. The summed E-state index contributed by atoms with van der Waals surface area (Å²) < 4.78 is 0. The highest BCUT2D eigenvalue weighted by Gasteiger charge is 2.09. The maximum atomic E-state index is 11.9. The Kier molecular flexibility index (Phi) is 5.40. The summed E-state index contributed by atoms with van der Waals surface area (Å²) in [5.41, 5.74) is 1.54. The van der Waals surface area contributed by atoms with Crippen LogP contribution in [0.4, 0.5) is 0 Å². The number of rotatable bonds is 4. The zero-order chi connectivity index (χ0) is 12.1. The number of para-hydroxylation sites is 1. The standard InChI is InChI=1S/C15H14O2.ClH/c16-14-9-5-4-8-13(14)15(17)11-10-12-6-2-1-3-7-12;/h1-9,16H,10-11H2;1H. The average Bonchev–Trinajstić information content (AvgIpc) is 2.38. The van der Waals surface area contributed by atoms with Crippen LogP contribution in [0.3, 0.4) is 0 Å². The molecule has 2 aromatic rings. The lowest BCUT2D eigenvalue weighted by Gasteiger charge is -2.03. The van der Waals surface area contributed by atoms with Gasteiger partial charge in [-0.25, -0.2) is 0 Å². The molecule has 0 aliphatic carbocycles. The van der Waals surface area contributed by atoms with Crippen LogP contribution in [-0.2, 0) is 6.42 Å². The average molecular weight is 263 g/mol. The predicted octanol–water partition coefficient (Wildman–Crippen LogP) is 3.63. The molecule has 0 saturated heterocycles. The van der Waals surface area contributed by atoms with Gasteiger partial charge in [-0.3, -0.25) is 4.79 Å². The number of hydrogen-bond donors (Lipinski definition) is 1. The van der Waals surface area contributed by atoms with Gasteiger partial charge in [-0.1, -0.05) is 42.5 Å². The van der Waals surface area contributed by atoms with Gasteiger partial charge < -0.3 is 5.11 Å². The number of aryl methyl sites for hydroxylation is 1. The van der Waals surface area contributed by atoms with Gasteiger partial charge in [0.25, 0.3) is 0 Å². The molecule has 0 spiro atoms. The monoisotopic (exact) mass is 262 g/mol. The number of carbonyl (C=O) groups excluding carboxylic acids is 1. The van der Waals surface area contributed by atoms with Crippen molar-refractivity contribution >= 4 is 18.2 Å². The summed E-state index contributed by atoms with van der Waals surface area (Å²) in [4.78, 5) is 11.9. The van der Waals surface area contributed by atoms with Gasteiger partial charge in [0.2, 0.25) is 0 Å². The fraction of sp³-hybridized carbons (Fsp3) is 0.133. The van der Waals surface area contributed by atoms with E-state index in [1.165, 1.54) is 6.07 Å². The number of phenolic OH excluding ortho intramolecular Hbond substituents is 1. The topological polar surface area (TPSA) is 37.3 Å². The van der Waals surface area contributed by atoms with Crippen molar-refractivity contribution in [3.63, 3.8) is 0 Å². The molecule has 0 bridgehead atoms. The molecule has 0 aliphatic heterocycles. The molecular formula is C15H15ClO2. The molecule has 18 heavy (non-hydrogen) atoms. The molecule has 94 valence electrons. The number of hydrogen-bond acceptors (Lipinski definition) is 2. The third-order valence-corrected chi connectivity index (χ3v) is 2.69. The van der Waals surface area contributed by atoms with E-state index in [1.807, 2.05) is 30.3 Å². The molecule has 0 saturated carbocycles. The van der Waals surface area contributed by atoms with E-state index in [-0.39, 0.29) is 23.9 Å². The number of Topliss-reactive ketones (excluding diaryl/α,β-unsaturated/α-hetero) is 1. The van der Waals surface area contributed by atoms with Crippen molar-refractivity contribution in [3.8, 4) is 5.75 Å². The van der Waals surface area contributed by atoms with Crippen LogP contribution in [0.1, 0.15) is 22.3 Å². The second kappa shape index (κ2) is 6.82. The number of ketones is 1. The van der Waals surface area contributed by atoms with Gasteiger partial charge in [0.1, 0.15) is 5.75 Å². The van der Waals surface area contributed by atoms with E-state index in [0.29, 0.717) is 18.4 Å². The molecule has 0 aliphatic rings. The quantitative estimate of drug-likeness (QED) is 0.855. The molecule has 0 aromatic heterocycles. The summed E-state index contributed by atoms with van der Waals surface area (Å²) in [6.07, 6.45) is 1.12. The molecule has 3 heteroatoms. The number of halogens is 1. The van der Waals surface area contributed by atoms with Crippen LogP contribution in [0.5, 0.6) is 5.75 Å². The van der Waals surface area contributed by atoms with Crippen molar-refractivity contribution in [2.24, 2.45) is 0 Å². The first-order valence-corrected chi connectivity index (χ1v) is 5.62. The van der Waals surface area contributed by atoms with Crippen LogP contribution < -0.4 is 0 Å². The number of carbonyl (C=O) groups is 1. The highest BCUT2D eigenvalue weighted by molar-refractivity contribution is 5.98. The number of phenols is 1. The Morgan fingerprint density at radius 3 is 2.22 bits per heavy atom. The molecular weight excluding hydrogens is 248 g/mol. The Hall–Kier alpha value is -1.80. The fourth-order valence-electron chi connectivity index (χ4n) is 1.75. The molecule has 0 heterocycles. The summed E-state index contributed by atoms with van der Waals surface area (Å²) in [5, 5.41) is 9.56. The molecule has 2 rings (SSSR count). The van der Waals surface area contributed by atoms with Gasteiger partial charge in [0.05, 0.1) is 5.56 Å². The Morgan fingerprint density at radius 1 is 0.944 bits per heavy atom. The second-order valence-corrected chi connectivity index (χ2v) is 3.93. The van der Waals surface area contributed by atoms with Crippen molar-refractivity contribution in [1.82, 2.24) is 0 Å². The summed E-state index contributed by atoms with van der Waals surface area (Å²) >= 11 is 0. The van der Waals surface area contributed by atoms with Crippen molar-refractivity contribution in [2.45, 2.75) is 12.8 Å². The first-order chi connectivity index (χ1) is 8.27. The molecule has 0 unspecified atom stereocenters. The maximum absolute atomic E-state index is 11.9. The van der Waals surface area contributed by atoms with E-state index >= 15 is 0 Å². The third kappa shape index (κ3) is 3.60. The molecule has 0 fully saturated rings. The van der Waals surface area contributed by atoms with E-state index in [2.05, 4.69) is 0 Å². The van der Waals surface area contributed by atoms with Crippen molar-refractivity contribution in [1.29, 1.82) is 0 Å². The first kappa shape index (κ1) is 14.3. The van der Waals surface area contributed by atoms with E-state index in [9.17, 15) is 9.90 Å². The zero-order valence-corrected chi connectivity index (χ0v) is 10.7. The highest BCUT2D eigenvalue weighted by atomic mass is 35.5. The van der Waals surface area contributed by atoms with Crippen LogP contribution in [0.2, 0.25) is 0 Å². The van der Waals surface area contributed by atoms with E-state index in [4.69, 9.17) is 0 Å². The first-order valence-electron chi connectivity index (χ1n) is 5.62. The molecule has 2 nitrogen and oxygen atoms in total. The molecule has 1 N–H and O–H groups in total. The molecule has 0 radical (unpaired) electrons. The van der Waals surface area contributed by atoms with Crippen LogP contribution in [0.25, 0.3) is 0 Å².